The number of pyridine rings is 1. The van der Waals surface area contributed by atoms with Crippen LogP contribution in [0.2, 0.25) is 0 Å². The highest BCUT2D eigenvalue weighted by Crippen LogP contribution is 2.24. The lowest BCUT2D eigenvalue weighted by molar-refractivity contribution is -0.384. The van der Waals surface area contributed by atoms with Gasteiger partial charge in [0.05, 0.1) is 16.2 Å². The molecule has 2 rings (SSSR count). The largest absolute Gasteiger partial charge is 0.397 e. The third-order valence-electron chi connectivity index (χ3n) is 2.72. The lowest BCUT2D eigenvalue weighted by Gasteiger charge is -2.06. The summed E-state index contributed by atoms with van der Waals surface area (Å²) in [4.78, 5) is 14.1. The Labute approximate surface area is 114 Å². The van der Waals surface area contributed by atoms with Crippen molar-refractivity contribution in [2.24, 2.45) is 5.73 Å². The molecule has 0 saturated heterocycles. The van der Waals surface area contributed by atoms with Crippen LogP contribution < -0.4 is 5.73 Å². The molecule has 2 N–H and O–H groups in total. The van der Waals surface area contributed by atoms with Gasteiger partial charge in [0, 0.05) is 30.1 Å². The lowest BCUT2D eigenvalue weighted by Crippen LogP contribution is -2.01. The average molecular weight is 266 g/mol. The molecule has 1 aromatic heterocycles. The molecular weight excluding hydrogens is 256 g/mol. The molecule has 0 saturated carbocycles. The van der Waals surface area contributed by atoms with Gasteiger partial charge in [-0.1, -0.05) is 12.1 Å². The summed E-state index contributed by atoms with van der Waals surface area (Å²) < 4.78 is 0. The van der Waals surface area contributed by atoms with Crippen LogP contribution in [0.25, 0.3) is 11.3 Å². The first-order chi connectivity index (χ1) is 9.63. The van der Waals surface area contributed by atoms with Gasteiger partial charge in [0.25, 0.3) is 5.69 Å². The van der Waals surface area contributed by atoms with Gasteiger partial charge in [-0.25, -0.2) is 0 Å². The fraction of sp³-hybridized carbons (Fsp3) is 0. The molecule has 1 heterocycles. The smallest absolute Gasteiger partial charge is 0.270 e. The number of rotatable bonds is 3. The number of hydrogen-bond acceptors (Lipinski definition) is 5. The zero-order valence-corrected chi connectivity index (χ0v) is 10.4. The highest BCUT2D eigenvalue weighted by atomic mass is 16.6. The van der Waals surface area contributed by atoms with E-state index in [-0.39, 0.29) is 17.0 Å². The predicted molar refractivity (Wildman–Crippen MR) is 73.9 cm³/mol. The van der Waals surface area contributed by atoms with Gasteiger partial charge in [-0.2, -0.15) is 5.26 Å². The van der Waals surface area contributed by atoms with Crippen LogP contribution in [0.15, 0.2) is 48.8 Å². The molecule has 6 heteroatoms. The molecular formula is C14H10N4O2. The Balaban J connectivity index is 2.55. The number of nitrogens with zero attached hydrogens (tertiary/aromatic N) is 3. The first-order valence-electron chi connectivity index (χ1n) is 5.68. The standard InChI is InChI=1S/C14H10N4O2/c15-9-13(10-4-6-17-7-5-10)14(16)11-2-1-3-12(8-11)18(19)20/h1-8H,16H2/b14-13-. The van der Waals surface area contributed by atoms with Crippen LogP contribution in [0.3, 0.4) is 0 Å². The van der Waals surface area contributed by atoms with E-state index in [4.69, 9.17) is 5.73 Å². The van der Waals surface area contributed by atoms with E-state index in [9.17, 15) is 15.4 Å². The second-order valence-corrected chi connectivity index (χ2v) is 3.94. The molecule has 20 heavy (non-hydrogen) atoms. The maximum Gasteiger partial charge on any atom is 0.270 e. The molecule has 0 aliphatic rings. The second kappa shape index (κ2) is 5.63. The van der Waals surface area contributed by atoms with Gasteiger partial charge in [-0.3, -0.25) is 15.1 Å². The number of allylic oxidation sites excluding steroid dienone is 1. The van der Waals surface area contributed by atoms with Gasteiger partial charge in [0.1, 0.15) is 6.07 Å². The van der Waals surface area contributed by atoms with Crippen molar-refractivity contribution in [2.75, 3.05) is 0 Å². The minimum atomic E-state index is -0.505. The van der Waals surface area contributed by atoms with E-state index in [0.717, 1.165) is 0 Å². The summed E-state index contributed by atoms with van der Waals surface area (Å²) in [5, 5.41) is 20.0. The number of nitro groups is 1. The molecule has 0 aliphatic heterocycles. The monoisotopic (exact) mass is 266 g/mol. The Morgan fingerprint density at radius 3 is 2.55 bits per heavy atom. The Morgan fingerprint density at radius 2 is 1.95 bits per heavy atom. The second-order valence-electron chi connectivity index (χ2n) is 3.94. The summed E-state index contributed by atoms with van der Waals surface area (Å²) in [5.74, 6) is 0. The van der Waals surface area contributed by atoms with Crippen LogP contribution in [0.4, 0.5) is 5.69 Å². The average Bonchev–Trinajstić information content (AvgIpc) is 2.49. The summed E-state index contributed by atoms with van der Waals surface area (Å²) in [6, 6.07) is 11.2. The molecule has 98 valence electrons. The number of nitro benzene ring substituents is 1. The Morgan fingerprint density at radius 1 is 1.25 bits per heavy atom. The van der Waals surface area contributed by atoms with Gasteiger partial charge >= 0.3 is 0 Å². The fourth-order valence-electron chi connectivity index (χ4n) is 1.73. The first-order valence-corrected chi connectivity index (χ1v) is 5.68. The number of benzene rings is 1. The zero-order chi connectivity index (χ0) is 14.5. The first kappa shape index (κ1) is 13.2. The molecule has 0 amide bonds. The molecule has 0 unspecified atom stereocenters. The number of aromatic nitrogens is 1. The molecule has 0 radical (unpaired) electrons. The summed E-state index contributed by atoms with van der Waals surface area (Å²) >= 11 is 0. The van der Waals surface area contributed by atoms with E-state index in [2.05, 4.69) is 4.98 Å². The number of hydrogen-bond donors (Lipinski definition) is 1. The molecule has 0 aliphatic carbocycles. The number of non-ortho nitro benzene ring substituents is 1. The Hall–Kier alpha value is -3.20. The summed E-state index contributed by atoms with van der Waals surface area (Å²) in [5.41, 5.74) is 7.40. The summed E-state index contributed by atoms with van der Waals surface area (Å²) in [6.07, 6.45) is 3.10. The number of nitriles is 1. The highest BCUT2D eigenvalue weighted by molar-refractivity contribution is 5.96. The van der Waals surface area contributed by atoms with Gasteiger partial charge < -0.3 is 5.73 Å². The van der Waals surface area contributed by atoms with Crippen LogP contribution >= 0.6 is 0 Å². The molecule has 2 aromatic rings. The van der Waals surface area contributed by atoms with E-state index in [1.807, 2.05) is 6.07 Å². The third kappa shape index (κ3) is 2.62. The van der Waals surface area contributed by atoms with Gasteiger partial charge in [0.2, 0.25) is 0 Å². The lowest BCUT2D eigenvalue weighted by atomic mass is 10.0. The third-order valence-corrected chi connectivity index (χ3v) is 2.72. The van der Waals surface area contributed by atoms with Crippen LogP contribution in [0, 0.1) is 21.4 Å². The summed E-state index contributed by atoms with van der Waals surface area (Å²) in [7, 11) is 0. The Kier molecular flexibility index (Phi) is 3.72. The highest BCUT2D eigenvalue weighted by Gasteiger charge is 2.11. The minimum absolute atomic E-state index is 0.0718. The SMILES string of the molecule is N#C/C(=C(/N)c1cccc([N+](=O)[O-])c1)c1ccncc1. The maximum absolute atomic E-state index is 10.8. The molecule has 6 nitrogen and oxygen atoms in total. The van der Waals surface area contributed by atoms with Crippen molar-refractivity contribution >= 4 is 17.0 Å². The van der Waals surface area contributed by atoms with E-state index in [1.54, 1.807) is 30.6 Å². The van der Waals surface area contributed by atoms with Crippen molar-refractivity contribution in [1.29, 1.82) is 5.26 Å². The molecule has 0 fully saturated rings. The van der Waals surface area contributed by atoms with Crippen LogP contribution in [0.1, 0.15) is 11.1 Å². The molecule has 1 aromatic carbocycles. The maximum atomic E-state index is 10.8. The van der Waals surface area contributed by atoms with E-state index in [1.165, 1.54) is 18.2 Å². The fourth-order valence-corrected chi connectivity index (χ4v) is 1.73. The van der Waals surface area contributed by atoms with Crippen molar-refractivity contribution in [3.05, 3.63) is 70.0 Å². The quantitative estimate of drug-likeness (QED) is 0.521. The van der Waals surface area contributed by atoms with Crippen molar-refractivity contribution in [3.8, 4) is 6.07 Å². The molecule has 0 bridgehead atoms. The van der Waals surface area contributed by atoms with E-state index < -0.39 is 4.92 Å². The summed E-state index contributed by atoms with van der Waals surface area (Å²) in [6.45, 7) is 0. The van der Waals surface area contributed by atoms with Crippen molar-refractivity contribution < 1.29 is 4.92 Å². The van der Waals surface area contributed by atoms with Crippen LogP contribution in [-0.4, -0.2) is 9.91 Å². The molecule has 0 spiro atoms. The van der Waals surface area contributed by atoms with Gasteiger partial charge in [0.15, 0.2) is 0 Å². The zero-order valence-electron chi connectivity index (χ0n) is 10.4. The van der Waals surface area contributed by atoms with E-state index in [0.29, 0.717) is 11.1 Å². The number of nitrogens with two attached hydrogens (primary N) is 1. The van der Waals surface area contributed by atoms with Crippen LogP contribution in [-0.2, 0) is 0 Å². The Bertz CT molecular complexity index is 717. The minimum Gasteiger partial charge on any atom is -0.397 e. The van der Waals surface area contributed by atoms with Crippen molar-refractivity contribution in [2.45, 2.75) is 0 Å². The van der Waals surface area contributed by atoms with Crippen LogP contribution in [0.5, 0.6) is 0 Å². The van der Waals surface area contributed by atoms with E-state index >= 15 is 0 Å². The molecule has 0 atom stereocenters. The van der Waals surface area contributed by atoms with Gasteiger partial charge in [-0.05, 0) is 17.7 Å². The predicted octanol–water partition coefficient (Wildman–Crippen LogP) is 2.34. The van der Waals surface area contributed by atoms with Crippen molar-refractivity contribution in [1.82, 2.24) is 4.98 Å². The van der Waals surface area contributed by atoms with Gasteiger partial charge in [-0.15, -0.1) is 0 Å². The topological polar surface area (TPSA) is 106 Å². The van der Waals surface area contributed by atoms with Crippen molar-refractivity contribution in [3.63, 3.8) is 0 Å². The normalized spacial score (nSPS) is 11.3.